The number of piperidine rings is 1. The number of aromatic nitrogens is 3. The molecule has 0 bridgehead atoms. The molecule has 1 saturated heterocycles. The van der Waals surface area contributed by atoms with Crippen molar-refractivity contribution in [3.05, 3.63) is 75.7 Å². The number of carbonyl (C=O) groups excluding carboxylic acids is 1. The third kappa shape index (κ3) is 5.11. The van der Waals surface area contributed by atoms with E-state index in [1.165, 1.54) is 29.7 Å². The molecule has 0 radical (unpaired) electrons. The summed E-state index contributed by atoms with van der Waals surface area (Å²) >= 11 is 1.37. The van der Waals surface area contributed by atoms with Gasteiger partial charge in [0, 0.05) is 12.6 Å². The monoisotopic (exact) mass is 489 g/mol. The molecule has 9 heteroatoms. The number of nitrogens with one attached hydrogen (secondary N) is 1. The third-order valence-electron chi connectivity index (χ3n) is 6.33. The summed E-state index contributed by atoms with van der Waals surface area (Å²) in [6.45, 7) is 7.34. The number of aromatic hydroxyl groups is 1. The molecule has 0 atom stereocenters. The number of amides is 1. The number of benzene rings is 2. The van der Waals surface area contributed by atoms with Gasteiger partial charge >= 0.3 is 0 Å². The maximum atomic E-state index is 12.9. The Morgan fingerprint density at radius 3 is 2.74 bits per heavy atom. The molecule has 180 valence electrons. The molecule has 2 aromatic heterocycles. The van der Waals surface area contributed by atoms with Crippen LogP contribution in [-0.4, -0.2) is 43.8 Å². The average molecular weight is 490 g/mol. The van der Waals surface area contributed by atoms with E-state index in [9.17, 15) is 14.7 Å². The summed E-state index contributed by atoms with van der Waals surface area (Å²) in [6.07, 6.45) is 2.47. The van der Waals surface area contributed by atoms with Gasteiger partial charge in [-0.3, -0.25) is 19.8 Å². The van der Waals surface area contributed by atoms with Crippen LogP contribution in [0, 0.1) is 12.8 Å². The number of aryl methyl sites for hydroxylation is 1. The molecule has 1 aliphatic heterocycles. The molecular formula is C26H27N5O3S. The van der Waals surface area contributed by atoms with Crippen molar-refractivity contribution in [3.8, 4) is 11.4 Å². The van der Waals surface area contributed by atoms with Gasteiger partial charge < -0.3 is 5.11 Å². The molecule has 1 amide bonds. The van der Waals surface area contributed by atoms with Gasteiger partial charge in [0.2, 0.25) is 0 Å². The Morgan fingerprint density at radius 2 is 1.97 bits per heavy atom. The largest absolute Gasteiger partial charge is 0.505 e. The van der Waals surface area contributed by atoms with Crippen LogP contribution in [0.4, 0.5) is 5.13 Å². The molecule has 1 aliphatic rings. The van der Waals surface area contributed by atoms with Crippen LogP contribution >= 0.6 is 11.3 Å². The highest BCUT2D eigenvalue weighted by atomic mass is 32.1. The fraction of sp³-hybridized carbons (Fsp3) is 0.308. The van der Waals surface area contributed by atoms with Crippen molar-refractivity contribution >= 4 is 32.6 Å². The zero-order valence-corrected chi connectivity index (χ0v) is 20.5. The van der Waals surface area contributed by atoms with Crippen LogP contribution in [0.5, 0.6) is 5.75 Å². The summed E-state index contributed by atoms with van der Waals surface area (Å²) in [7, 11) is 0. The molecule has 4 aromatic rings. The molecule has 2 N–H and O–H groups in total. The lowest BCUT2D eigenvalue weighted by Gasteiger charge is -2.30. The van der Waals surface area contributed by atoms with Crippen LogP contribution in [0.3, 0.4) is 0 Å². The Balaban J connectivity index is 1.36. The maximum absolute atomic E-state index is 12.9. The lowest BCUT2D eigenvalue weighted by molar-refractivity contribution is 0.101. The first kappa shape index (κ1) is 23.2. The van der Waals surface area contributed by atoms with Crippen LogP contribution in [0.2, 0.25) is 0 Å². The highest BCUT2D eigenvalue weighted by molar-refractivity contribution is 7.22. The minimum absolute atomic E-state index is 0.245. The Morgan fingerprint density at radius 1 is 1.17 bits per heavy atom. The highest BCUT2D eigenvalue weighted by Crippen LogP contribution is 2.28. The molecule has 1 fully saturated rings. The second kappa shape index (κ2) is 9.59. The van der Waals surface area contributed by atoms with E-state index in [0.717, 1.165) is 52.1 Å². The number of rotatable bonds is 5. The molecule has 0 unspecified atom stereocenters. The minimum Gasteiger partial charge on any atom is -0.505 e. The van der Waals surface area contributed by atoms with Crippen LogP contribution in [0.1, 0.15) is 41.4 Å². The molecule has 8 nitrogen and oxygen atoms in total. The van der Waals surface area contributed by atoms with Gasteiger partial charge in [-0.25, -0.2) is 4.98 Å². The molecule has 3 heterocycles. The molecule has 0 aliphatic carbocycles. The fourth-order valence-electron chi connectivity index (χ4n) is 4.31. The van der Waals surface area contributed by atoms with E-state index in [-0.39, 0.29) is 5.69 Å². The van der Waals surface area contributed by atoms with E-state index in [1.807, 2.05) is 19.1 Å². The molecule has 0 saturated carbocycles. The van der Waals surface area contributed by atoms with Gasteiger partial charge in [-0.05, 0) is 74.2 Å². The van der Waals surface area contributed by atoms with Crippen molar-refractivity contribution in [2.24, 2.45) is 5.92 Å². The average Bonchev–Trinajstić information content (AvgIpc) is 3.22. The van der Waals surface area contributed by atoms with Crippen LogP contribution in [0.25, 0.3) is 15.9 Å². The van der Waals surface area contributed by atoms with E-state index in [0.29, 0.717) is 10.8 Å². The van der Waals surface area contributed by atoms with Crippen molar-refractivity contribution in [2.45, 2.75) is 33.2 Å². The van der Waals surface area contributed by atoms with Crippen LogP contribution in [0.15, 0.2) is 53.3 Å². The summed E-state index contributed by atoms with van der Waals surface area (Å²) in [4.78, 5) is 32.3. The lowest BCUT2D eigenvalue weighted by atomic mass is 9.99. The Kier molecular flexibility index (Phi) is 6.36. The number of fused-ring (bicyclic) bond motifs is 1. The standard InChI is InChI=1S/C26H27N5O3S/c1-16-8-10-30(11-9-16)15-18-6-7-20-22(13-18)35-26(27-20)28-25(34)24-21(32)14-23(33)31(29-24)19-5-3-4-17(2)12-19/h3-7,12-14,16,32H,8-11,15H2,1-2H3,(H,27,28,34). The first-order valence-electron chi connectivity index (χ1n) is 11.7. The van der Waals surface area contributed by atoms with E-state index >= 15 is 0 Å². The first-order chi connectivity index (χ1) is 16.9. The topological polar surface area (TPSA) is 100 Å². The number of carbonyl (C=O) groups is 1. The normalized spacial score (nSPS) is 14.9. The predicted molar refractivity (Wildman–Crippen MR) is 137 cm³/mol. The van der Waals surface area contributed by atoms with E-state index < -0.39 is 17.2 Å². The molecule has 35 heavy (non-hydrogen) atoms. The number of likely N-dealkylation sites (tertiary alicyclic amines) is 1. The van der Waals surface area contributed by atoms with Gasteiger partial charge in [0.05, 0.1) is 15.9 Å². The van der Waals surface area contributed by atoms with Gasteiger partial charge in [-0.1, -0.05) is 36.5 Å². The quantitative estimate of drug-likeness (QED) is 0.433. The minimum atomic E-state index is -0.634. The van der Waals surface area contributed by atoms with Crippen molar-refractivity contribution in [2.75, 3.05) is 18.4 Å². The zero-order chi connectivity index (χ0) is 24.5. The summed E-state index contributed by atoms with van der Waals surface area (Å²) in [5, 5.41) is 17.5. The summed E-state index contributed by atoms with van der Waals surface area (Å²) in [6, 6.07) is 14.4. The first-order valence-corrected chi connectivity index (χ1v) is 12.5. The Hall–Kier alpha value is -3.56. The van der Waals surface area contributed by atoms with Gasteiger partial charge in [0.1, 0.15) is 0 Å². The number of nitrogens with zero attached hydrogens (tertiary/aromatic N) is 4. The molecule has 5 rings (SSSR count). The summed E-state index contributed by atoms with van der Waals surface area (Å²) in [5.41, 5.74) is 2.70. The molecule has 0 spiro atoms. The van der Waals surface area contributed by atoms with Crippen molar-refractivity contribution in [1.82, 2.24) is 19.7 Å². The van der Waals surface area contributed by atoms with Gasteiger partial charge in [0.15, 0.2) is 16.6 Å². The Labute approximate surface area is 206 Å². The number of thiazole rings is 1. The van der Waals surface area contributed by atoms with E-state index in [1.54, 1.807) is 18.2 Å². The Bertz CT molecular complexity index is 1450. The second-order valence-electron chi connectivity index (χ2n) is 9.20. The fourth-order valence-corrected chi connectivity index (χ4v) is 5.23. The smallest absolute Gasteiger partial charge is 0.281 e. The zero-order valence-electron chi connectivity index (χ0n) is 19.7. The van der Waals surface area contributed by atoms with Crippen molar-refractivity contribution < 1.29 is 9.90 Å². The van der Waals surface area contributed by atoms with Gasteiger partial charge in [-0.2, -0.15) is 9.78 Å². The lowest BCUT2D eigenvalue weighted by Crippen LogP contribution is -2.32. The summed E-state index contributed by atoms with van der Waals surface area (Å²) in [5.74, 6) is -0.312. The predicted octanol–water partition coefficient (Wildman–Crippen LogP) is 4.34. The van der Waals surface area contributed by atoms with E-state index in [4.69, 9.17) is 0 Å². The second-order valence-corrected chi connectivity index (χ2v) is 10.2. The third-order valence-corrected chi connectivity index (χ3v) is 7.26. The van der Waals surface area contributed by atoms with Gasteiger partial charge in [0.25, 0.3) is 11.5 Å². The van der Waals surface area contributed by atoms with E-state index in [2.05, 4.69) is 39.4 Å². The SMILES string of the molecule is Cc1cccc(-n2nc(C(=O)Nc3nc4ccc(CN5CCC(C)CC5)cc4s3)c(O)cc2=O)c1. The molecular weight excluding hydrogens is 462 g/mol. The highest BCUT2D eigenvalue weighted by Gasteiger charge is 2.19. The molecule has 2 aromatic carbocycles. The number of hydrogen-bond donors (Lipinski definition) is 2. The van der Waals surface area contributed by atoms with Crippen molar-refractivity contribution in [1.29, 1.82) is 0 Å². The van der Waals surface area contributed by atoms with Gasteiger partial charge in [-0.15, -0.1) is 0 Å². The van der Waals surface area contributed by atoms with Crippen molar-refractivity contribution in [3.63, 3.8) is 0 Å². The van der Waals surface area contributed by atoms with Crippen LogP contribution < -0.4 is 10.9 Å². The summed E-state index contributed by atoms with van der Waals surface area (Å²) < 4.78 is 2.08. The number of hydrogen-bond acceptors (Lipinski definition) is 7. The van der Waals surface area contributed by atoms with Crippen LogP contribution in [-0.2, 0) is 6.54 Å². The number of anilines is 1. The maximum Gasteiger partial charge on any atom is 0.281 e.